The lowest BCUT2D eigenvalue weighted by Crippen LogP contribution is -2.51. The van der Waals surface area contributed by atoms with E-state index in [2.05, 4.69) is 42.7 Å². The van der Waals surface area contributed by atoms with Crippen LogP contribution in [0.5, 0.6) is 0 Å². The summed E-state index contributed by atoms with van der Waals surface area (Å²) in [5.74, 6) is 6.72. The van der Waals surface area contributed by atoms with E-state index >= 15 is 0 Å². The van der Waals surface area contributed by atoms with Crippen molar-refractivity contribution in [1.82, 2.24) is 15.0 Å². The van der Waals surface area contributed by atoms with E-state index in [0.717, 1.165) is 18.8 Å². The van der Waals surface area contributed by atoms with Gasteiger partial charge in [0.25, 0.3) is 0 Å². The molecule has 0 radical (unpaired) electrons. The molecule has 0 fully saturated rings. The van der Waals surface area contributed by atoms with E-state index in [4.69, 9.17) is 10.6 Å². The van der Waals surface area contributed by atoms with E-state index in [0.29, 0.717) is 0 Å². The van der Waals surface area contributed by atoms with Gasteiger partial charge in [-0.25, -0.2) is 4.98 Å². The van der Waals surface area contributed by atoms with Crippen molar-refractivity contribution in [3.8, 4) is 0 Å². The van der Waals surface area contributed by atoms with Gasteiger partial charge in [0, 0.05) is 32.5 Å². The molecule has 1 aromatic heterocycles. The van der Waals surface area contributed by atoms with Gasteiger partial charge in [-0.1, -0.05) is 20.8 Å². The van der Waals surface area contributed by atoms with Gasteiger partial charge in [-0.05, 0) is 12.3 Å². The van der Waals surface area contributed by atoms with E-state index in [-0.39, 0.29) is 17.6 Å². The number of aryl methyl sites for hydroxylation is 1. The monoisotopic (exact) mass is 254 g/mol. The highest BCUT2D eigenvalue weighted by Crippen LogP contribution is 2.25. The molecular weight excluding hydrogens is 228 g/mol. The number of hydrogen-bond acceptors (Lipinski definition) is 4. The Hall–Kier alpha value is -0.910. The van der Waals surface area contributed by atoms with Gasteiger partial charge in [-0.15, -0.1) is 0 Å². The van der Waals surface area contributed by atoms with E-state index in [9.17, 15) is 0 Å². The standard InChI is InChI=1S/C13H26N4O/c1-6-17-8-7-15-11(17)9-10(16-14)12(18-5)13(2,3)4/h7-8,10,12,16H,6,9,14H2,1-5H3. The molecule has 0 amide bonds. The lowest BCUT2D eigenvalue weighted by Gasteiger charge is -2.35. The maximum absolute atomic E-state index is 5.69. The first-order chi connectivity index (χ1) is 8.43. The second-order valence-corrected chi connectivity index (χ2v) is 5.63. The van der Waals surface area contributed by atoms with Gasteiger partial charge in [0.1, 0.15) is 5.82 Å². The fourth-order valence-corrected chi connectivity index (χ4v) is 2.39. The summed E-state index contributed by atoms with van der Waals surface area (Å²) in [4.78, 5) is 4.39. The van der Waals surface area contributed by atoms with E-state index < -0.39 is 0 Å². The maximum atomic E-state index is 5.69. The van der Waals surface area contributed by atoms with Gasteiger partial charge in [-0.2, -0.15) is 0 Å². The molecule has 0 aliphatic carbocycles. The number of nitrogens with one attached hydrogen (secondary N) is 1. The summed E-state index contributed by atoms with van der Waals surface area (Å²) < 4.78 is 7.74. The Morgan fingerprint density at radius 1 is 1.50 bits per heavy atom. The predicted octanol–water partition coefficient (Wildman–Crippen LogP) is 1.34. The van der Waals surface area contributed by atoms with Crippen LogP contribution < -0.4 is 11.3 Å². The number of hydrogen-bond donors (Lipinski definition) is 2. The predicted molar refractivity (Wildman–Crippen MR) is 73.0 cm³/mol. The SMILES string of the molecule is CCn1ccnc1CC(NN)C(OC)C(C)(C)C. The number of hydrazine groups is 1. The van der Waals surface area contributed by atoms with Crippen LogP contribution in [0.15, 0.2) is 12.4 Å². The first kappa shape index (κ1) is 15.1. The van der Waals surface area contributed by atoms with Crippen molar-refractivity contribution >= 4 is 0 Å². The second kappa shape index (κ2) is 6.31. The van der Waals surface area contributed by atoms with Crippen LogP contribution in [0.2, 0.25) is 0 Å². The first-order valence-electron chi connectivity index (χ1n) is 6.43. The Labute approximate surface area is 110 Å². The minimum atomic E-state index is 0.0232. The van der Waals surface area contributed by atoms with Gasteiger partial charge in [0.2, 0.25) is 0 Å². The average Bonchev–Trinajstić information content (AvgIpc) is 2.74. The van der Waals surface area contributed by atoms with Crippen molar-refractivity contribution in [2.45, 2.75) is 52.8 Å². The van der Waals surface area contributed by atoms with Crippen LogP contribution in [-0.4, -0.2) is 28.8 Å². The van der Waals surface area contributed by atoms with Gasteiger partial charge in [0.15, 0.2) is 0 Å². The van der Waals surface area contributed by atoms with Crippen molar-refractivity contribution in [1.29, 1.82) is 0 Å². The van der Waals surface area contributed by atoms with Crippen LogP contribution in [0.3, 0.4) is 0 Å². The number of nitrogens with zero attached hydrogens (tertiary/aromatic N) is 2. The minimum absolute atomic E-state index is 0.0232. The quantitative estimate of drug-likeness (QED) is 0.594. The van der Waals surface area contributed by atoms with Crippen molar-refractivity contribution in [3.63, 3.8) is 0 Å². The van der Waals surface area contributed by atoms with Crippen LogP contribution in [0, 0.1) is 5.41 Å². The molecule has 1 aromatic rings. The second-order valence-electron chi connectivity index (χ2n) is 5.63. The molecule has 104 valence electrons. The molecule has 0 aromatic carbocycles. The molecule has 3 N–H and O–H groups in total. The highest BCUT2D eigenvalue weighted by molar-refractivity contribution is 4.98. The lowest BCUT2D eigenvalue weighted by molar-refractivity contribution is -0.0116. The zero-order valence-electron chi connectivity index (χ0n) is 12.1. The third-order valence-electron chi connectivity index (χ3n) is 3.23. The van der Waals surface area contributed by atoms with Crippen LogP contribution in [0.25, 0.3) is 0 Å². The smallest absolute Gasteiger partial charge is 0.110 e. The first-order valence-corrected chi connectivity index (χ1v) is 6.43. The Kier molecular flexibility index (Phi) is 5.31. The number of ether oxygens (including phenoxy) is 1. The molecule has 18 heavy (non-hydrogen) atoms. The van der Waals surface area contributed by atoms with Crippen molar-refractivity contribution in [3.05, 3.63) is 18.2 Å². The van der Waals surface area contributed by atoms with Crippen LogP contribution in [0.1, 0.15) is 33.5 Å². The molecule has 2 atom stereocenters. The Morgan fingerprint density at radius 3 is 2.61 bits per heavy atom. The highest BCUT2D eigenvalue weighted by atomic mass is 16.5. The molecule has 5 nitrogen and oxygen atoms in total. The van der Waals surface area contributed by atoms with E-state index in [1.54, 1.807) is 7.11 Å². The summed E-state index contributed by atoms with van der Waals surface area (Å²) in [5.41, 5.74) is 2.89. The third-order valence-corrected chi connectivity index (χ3v) is 3.23. The number of aromatic nitrogens is 2. The Bertz CT molecular complexity index is 356. The largest absolute Gasteiger partial charge is 0.379 e. The fourth-order valence-electron chi connectivity index (χ4n) is 2.39. The number of nitrogens with two attached hydrogens (primary N) is 1. The molecule has 0 aliphatic heterocycles. The normalized spacial score (nSPS) is 15.7. The maximum Gasteiger partial charge on any atom is 0.110 e. The number of rotatable bonds is 6. The minimum Gasteiger partial charge on any atom is -0.379 e. The van der Waals surface area contributed by atoms with Crippen molar-refractivity contribution < 1.29 is 4.74 Å². The molecule has 0 saturated heterocycles. The Balaban J connectivity index is 2.84. The molecule has 0 aliphatic rings. The fraction of sp³-hybridized carbons (Fsp3) is 0.769. The number of imidazole rings is 1. The molecule has 0 bridgehead atoms. The lowest BCUT2D eigenvalue weighted by atomic mass is 9.83. The summed E-state index contributed by atoms with van der Waals surface area (Å²) in [7, 11) is 1.73. The van der Waals surface area contributed by atoms with Crippen LogP contribution >= 0.6 is 0 Å². The van der Waals surface area contributed by atoms with E-state index in [1.165, 1.54) is 0 Å². The summed E-state index contributed by atoms with van der Waals surface area (Å²) in [5, 5.41) is 0. The third kappa shape index (κ3) is 3.54. The van der Waals surface area contributed by atoms with Gasteiger partial charge < -0.3 is 9.30 Å². The summed E-state index contributed by atoms with van der Waals surface area (Å²) >= 11 is 0. The topological polar surface area (TPSA) is 65.1 Å². The van der Waals surface area contributed by atoms with Crippen molar-refractivity contribution in [2.24, 2.45) is 11.3 Å². The molecule has 1 rings (SSSR count). The highest BCUT2D eigenvalue weighted by Gasteiger charge is 2.32. The van der Waals surface area contributed by atoms with Gasteiger partial charge >= 0.3 is 0 Å². The van der Waals surface area contributed by atoms with Crippen molar-refractivity contribution in [2.75, 3.05) is 7.11 Å². The van der Waals surface area contributed by atoms with E-state index in [1.807, 2.05) is 12.4 Å². The van der Waals surface area contributed by atoms with Gasteiger partial charge in [-0.3, -0.25) is 11.3 Å². The molecule has 0 spiro atoms. The summed E-state index contributed by atoms with van der Waals surface area (Å²) in [6.45, 7) is 9.47. The molecule has 1 heterocycles. The Morgan fingerprint density at radius 2 is 2.17 bits per heavy atom. The van der Waals surface area contributed by atoms with Gasteiger partial charge in [0.05, 0.1) is 12.1 Å². The van der Waals surface area contributed by atoms with Crippen LogP contribution in [-0.2, 0) is 17.7 Å². The molecule has 2 unspecified atom stereocenters. The molecular formula is C13H26N4O. The zero-order chi connectivity index (χ0) is 13.8. The summed E-state index contributed by atoms with van der Waals surface area (Å²) in [6.07, 6.45) is 4.60. The molecule has 5 heteroatoms. The number of methoxy groups -OCH3 is 1. The van der Waals surface area contributed by atoms with Crippen LogP contribution in [0.4, 0.5) is 0 Å². The molecule has 0 saturated carbocycles. The zero-order valence-corrected chi connectivity index (χ0v) is 12.1. The average molecular weight is 254 g/mol. The summed E-state index contributed by atoms with van der Waals surface area (Å²) in [6, 6.07) is 0.0442.